The molecule has 0 atom stereocenters. The van der Waals surface area contributed by atoms with Gasteiger partial charge in [0.05, 0.1) is 5.76 Å². The van der Waals surface area contributed by atoms with Gasteiger partial charge in [0.25, 0.3) is 0 Å². The third kappa shape index (κ3) is 9.62. The molecule has 5 heteroatoms. The normalized spacial score (nSPS) is 10.8. The quantitative estimate of drug-likeness (QED) is 0.120. The first-order chi connectivity index (χ1) is 16.5. The molecule has 35 heavy (non-hydrogen) atoms. The fourth-order valence-corrected chi connectivity index (χ4v) is 9.96. The second-order valence-electron chi connectivity index (χ2n) is 7.74. The Hall–Kier alpha value is -2.43. The van der Waals surface area contributed by atoms with Crippen LogP contribution in [0.4, 0.5) is 0 Å². The monoisotopic (exact) mass is 587 g/mol. The molecule has 0 aliphatic carbocycles. The van der Waals surface area contributed by atoms with Crippen molar-refractivity contribution in [1.29, 1.82) is 0 Å². The molecule has 0 aliphatic rings. The van der Waals surface area contributed by atoms with Crippen LogP contribution >= 0.6 is 15.8 Å². The van der Waals surface area contributed by atoms with Crippen LogP contribution in [0.1, 0.15) is 13.8 Å². The van der Waals surface area contributed by atoms with Gasteiger partial charge in [0.15, 0.2) is 5.78 Å². The number of carbonyl (C=O) groups excluding carboxylic acids is 1. The molecule has 4 rings (SSSR count). The molecule has 1 radical (unpaired) electrons. The Morgan fingerprint density at radius 2 is 0.857 bits per heavy atom. The van der Waals surface area contributed by atoms with E-state index < -0.39 is 15.8 Å². The van der Waals surface area contributed by atoms with Gasteiger partial charge in [-0.15, -0.1) is 0 Å². The van der Waals surface area contributed by atoms with Crippen molar-refractivity contribution in [3.63, 3.8) is 0 Å². The molecule has 4 aromatic carbocycles. The van der Waals surface area contributed by atoms with Crippen molar-refractivity contribution in [2.75, 3.05) is 5.90 Å². The summed E-state index contributed by atoms with van der Waals surface area (Å²) in [6.07, 6.45) is 1.17. The summed E-state index contributed by atoms with van der Waals surface area (Å²) in [5.74, 6) is 1.11. The van der Waals surface area contributed by atoms with E-state index in [-0.39, 0.29) is 31.0 Å². The van der Waals surface area contributed by atoms with Crippen LogP contribution in [0.2, 0.25) is 0 Å². The molecule has 0 aliphatic heterocycles. The molecule has 0 bridgehead atoms. The average Bonchev–Trinajstić information content (AvgIpc) is 2.86. The maximum Gasteiger partial charge on any atom is 0.155 e. The van der Waals surface area contributed by atoms with E-state index in [0.29, 0.717) is 0 Å². The molecular formula is C30H30O2P2Rh. The van der Waals surface area contributed by atoms with Crippen LogP contribution in [-0.2, 0) is 24.3 Å². The summed E-state index contributed by atoms with van der Waals surface area (Å²) in [5.41, 5.74) is 0. The Labute approximate surface area is 224 Å². The first kappa shape index (κ1) is 28.8. The van der Waals surface area contributed by atoms with E-state index in [2.05, 4.69) is 121 Å². The minimum Gasteiger partial charge on any atom is -0.512 e. The van der Waals surface area contributed by atoms with Crippen LogP contribution < -0.4 is 21.2 Å². The van der Waals surface area contributed by atoms with Crippen molar-refractivity contribution in [3.05, 3.63) is 133 Å². The second kappa shape index (κ2) is 15.5. The van der Waals surface area contributed by atoms with E-state index in [1.54, 1.807) is 0 Å². The van der Waals surface area contributed by atoms with Crippen LogP contribution in [-0.4, -0.2) is 16.8 Å². The van der Waals surface area contributed by atoms with Gasteiger partial charge in [0, 0.05) is 31.5 Å². The Kier molecular flexibility index (Phi) is 12.8. The van der Waals surface area contributed by atoms with Crippen molar-refractivity contribution >= 4 is 42.8 Å². The van der Waals surface area contributed by atoms with Crippen molar-refractivity contribution in [3.8, 4) is 0 Å². The van der Waals surface area contributed by atoms with Gasteiger partial charge < -0.3 is 5.11 Å². The van der Waals surface area contributed by atoms with Gasteiger partial charge in [-0.05, 0) is 50.9 Å². The molecule has 0 aromatic heterocycles. The molecular weight excluding hydrogens is 557 g/mol. The zero-order chi connectivity index (χ0) is 24.2. The third-order valence-corrected chi connectivity index (χ3v) is 10.9. The largest absolute Gasteiger partial charge is 0.512 e. The Morgan fingerprint density at radius 3 is 1.03 bits per heavy atom. The fraction of sp³-hybridized carbons (Fsp3) is 0.100. The standard InChI is InChI=1S/C25H22P2.C5H8O2.Rh/c1-5-13-22(14-6-1)26(23-15-7-2-8-16-23)21-27(24-17-9-3-10-18-24)25-19-11-4-12-20-25;1-4(6)3-5(2)7;/h1-20H,21H2;3,6H,1-2H3;/b;4-3-;. The Morgan fingerprint density at radius 1 is 0.600 bits per heavy atom. The van der Waals surface area contributed by atoms with Gasteiger partial charge in [0.1, 0.15) is 0 Å². The summed E-state index contributed by atoms with van der Waals surface area (Å²) in [6, 6.07) is 44.1. The number of carbonyl (C=O) groups is 1. The van der Waals surface area contributed by atoms with Gasteiger partial charge in [-0.2, -0.15) is 0 Å². The average molecular weight is 587 g/mol. The summed E-state index contributed by atoms with van der Waals surface area (Å²) in [6.45, 7) is 2.85. The first-order valence-electron chi connectivity index (χ1n) is 11.2. The number of aliphatic hydroxyl groups is 1. The van der Waals surface area contributed by atoms with Crippen molar-refractivity contribution in [2.24, 2.45) is 0 Å². The van der Waals surface area contributed by atoms with Gasteiger partial charge in [-0.1, -0.05) is 121 Å². The van der Waals surface area contributed by atoms with Crippen molar-refractivity contribution in [1.82, 2.24) is 0 Å². The molecule has 0 saturated carbocycles. The molecule has 0 spiro atoms. The zero-order valence-corrected chi connectivity index (χ0v) is 23.3. The molecule has 1 N–H and O–H groups in total. The maximum atomic E-state index is 10.0. The number of hydrogen-bond acceptors (Lipinski definition) is 2. The first-order valence-corrected chi connectivity index (χ1v) is 14.2. The molecule has 0 unspecified atom stereocenters. The third-order valence-electron chi connectivity index (χ3n) is 4.97. The molecule has 0 fully saturated rings. The van der Waals surface area contributed by atoms with Crippen LogP contribution in [0.5, 0.6) is 0 Å². The van der Waals surface area contributed by atoms with Gasteiger partial charge in [-0.3, -0.25) is 4.79 Å². The molecule has 4 aromatic rings. The van der Waals surface area contributed by atoms with E-state index in [1.807, 2.05) is 0 Å². The number of hydrogen-bond donors (Lipinski definition) is 1. The van der Waals surface area contributed by atoms with Gasteiger partial charge in [-0.25, -0.2) is 0 Å². The van der Waals surface area contributed by atoms with Crippen molar-refractivity contribution in [2.45, 2.75) is 13.8 Å². The summed E-state index contributed by atoms with van der Waals surface area (Å²) in [4.78, 5) is 10.0. The van der Waals surface area contributed by atoms with Crippen LogP contribution in [0.3, 0.4) is 0 Å². The topological polar surface area (TPSA) is 37.3 Å². The number of ketones is 1. The predicted molar refractivity (Wildman–Crippen MR) is 150 cm³/mol. The summed E-state index contributed by atoms with van der Waals surface area (Å²) in [7, 11) is -0.817. The minimum atomic E-state index is -0.409. The summed E-state index contributed by atoms with van der Waals surface area (Å²) < 4.78 is 0. The van der Waals surface area contributed by atoms with Crippen LogP contribution in [0, 0.1) is 0 Å². The summed E-state index contributed by atoms with van der Waals surface area (Å²) >= 11 is 0. The predicted octanol–water partition coefficient (Wildman–Crippen LogP) is 6.24. The van der Waals surface area contributed by atoms with Gasteiger partial charge >= 0.3 is 0 Å². The molecule has 2 nitrogen and oxygen atoms in total. The number of aliphatic hydroxyl groups excluding tert-OH is 1. The van der Waals surface area contributed by atoms with E-state index in [1.165, 1.54) is 47.0 Å². The number of allylic oxidation sites excluding steroid dienone is 2. The van der Waals surface area contributed by atoms with Crippen molar-refractivity contribution < 1.29 is 29.4 Å². The fourth-order valence-electron chi connectivity index (χ4n) is 3.49. The number of benzene rings is 4. The molecule has 0 heterocycles. The second-order valence-corrected chi connectivity index (χ2v) is 12.6. The molecule has 181 valence electrons. The minimum absolute atomic E-state index is 0. The maximum absolute atomic E-state index is 10.0. The van der Waals surface area contributed by atoms with Crippen LogP contribution in [0.25, 0.3) is 0 Å². The van der Waals surface area contributed by atoms with E-state index in [9.17, 15) is 4.79 Å². The number of rotatable bonds is 7. The van der Waals surface area contributed by atoms with E-state index in [4.69, 9.17) is 5.11 Å². The van der Waals surface area contributed by atoms with E-state index >= 15 is 0 Å². The zero-order valence-electron chi connectivity index (χ0n) is 19.9. The van der Waals surface area contributed by atoms with Crippen LogP contribution in [0.15, 0.2) is 133 Å². The van der Waals surface area contributed by atoms with E-state index in [0.717, 1.165) is 0 Å². The molecule has 0 amide bonds. The molecule has 0 saturated heterocycles. The summed E-state index contributed by atoms with van der Waals surface area (Å²) in [5, 5.41) is 14.2. The van der Waals surface area contributed by atoms with Gasteiger partial charge in [0.2, 0.25) is 0 Å². The SMILES string of the molecule is CC(=O)/C=C(/C)O.[Rh].c1ccc(P(CP(c2ccccc2)c2ccccc2)c2ccccc2)cc1. The Balaban J connectivity index is 0.000000476. The Bertz CT molecular complexity index is 1000. The smallest absolute Gasteiger partial charge is 0.155 e.